The largest absolute Gasteiger partial charge is 0.507 e. The zero-order chi connectivity index (χ0) is 28.8. The average molecular weight is 539 g/mol. The van der Waals surface area contributed by atoms with Crippen molar-refractivity contribution in [2.75, 3.05) is 37.1 Å². The Morgan fingerprint density at radius 3 is 2.13 bits per heavy atom. The Labute approximate surface area is 230 Å². The second kappa shape index (κ2) is 16.0. The van der Waals surface area contributed by atoms with E-state index in [1.54, 1.807) is 18.0 Å². The number of nitrogens with one attached hydrogen (secondary N) is 1. The van der Waals surface area contributed by atoms with Crippen LogP contribution in [0.4, 0.5) is 29.0 Å². The van der Waals surface area contributed by atoms with Crippen molar-refractivity contribution in [3.63, 3.8) is 0 Å². The van der Waals surface area contributed by atoms with Gasteiger partial charge in [0.1, 0.15) is 11.4 Å². The summed E-state index contributed by atoms with van der Waals surface area (Å²) in [4.78, 5) is 13.6. The number of nitrogen functional groups attached to an aromatic ring is 1. The summed E-state index contributed by atoms with van der Waals surface area (Å²) in [6.45, 7) is 11.9. The third-order valence-corrected chi connectivity index (χ3v) is 4.99. The third kappa shape index (κ3) is 8.85. The standard InChI is InChI=1S/C18H17N3O.C6H10ClN5.2C2H6/c1-11-8-13-10-12(2)17(19)18(16(13)15(22)9-11)21-20-14-6-4-3-5-7-14;1-8-5-9-4(7)10-6(11-5)12(2)3;2*1-2/h3-10,22H,19H2,1-2H3;1-3H3,(H,8,9,10,11);2*1-2H3. The van der Waals surface area contributed by atoms with E-state index in [1.807, 2.05) is 98.1 Å². The van der Waals surface area contributed by atoms with Crippen LogP contribution in [-0.4, -0.2) is 41.2 Å². The van der Waals surface area contributed by atoms with Crippen LogP contribution < -0.4 is 16.0 Å². The maximum atomic E-state index is 10.3. The summed E-state index contributed by atoms with van der Waals surface area (Å²) >= 11 is 5.64. The number of phenols is 1. The molecule has 1 heterocycles. The first-order valence-electron chi connectivity index (χ1n) is 12.5. The van der Waals surface area contributed by atoms with Crippen LogP contribution in [0.15, 0.2) is 58.8 Å². The Kier molecular flexibility index (Phi) is 13.5. The molecule has 9 nitrogen and oxygen atoms in total. The number of rotatable bonds is 4. The maximum absolute atomic E-state index is 10.3. The number of azo groups is 1. The SMILES string of the molecule is CC.CC.CNc1nc(Cl)nc(N(C)C)n1.Cc1cc(O)c2c(N=Nc3ccccc3)c(N)c(C)cc2c1. The summed E-state index contributed by atoms with van der Waals surface area (Å²) in [5, 5.41) is 23.3. The topological polar surface area (TPSA) is 125 Å². The van der Waals surface area contributed by atoms with Crippen LogP contribution in [0.3, 0.4) is 0 Å². The minimum atomic E-state index is 0.170. The molecule has 4 aromatic rings. The van der Waals surface area contributed by atoms with Crippen LogP contribution in [0.2, 0.25) is 5.28 Å². The van der Waals surface area contributed by atoms with E-state index in [0.717, 1.165) is 22.2 Å². The number of benzene rings is 3. The first kappa shape index (κ1) is 32.0. The van der Waals surface area contributed by atoms with Crippen LogP contribution >= 0.6 is 11.6 Å². The number of nitrogens with zero attached hydrogens (tertiary/aromatic N) is 6. The number of fused-ring (bicyclic) bond motifs is 1. The highest BCUT2D eigenvalue weighted by molar-refractivity contribution is 6.28. The normalized spacial score (nSPS) is 9.95. The number of nitrogens with two attached hydrogens (primary N) is 1. The van der Waals surface area contributed by atoms with Crippen LogP contribution in [0.5, 0.6) is 5.75 Å². The molecule has 0 radical (unpaired) electrons. The van der Waals surface area contributed by atoms with Gasteiger partial charge < -0.3 is 21.1 Å². The quantitative estimate of drug-likeness (QED) is 0.178. The highest BCUT2D eigenvalue weighted by atomic mass is 35.5. The molecular formula is C28H39ClN8O. The number of hydrogen-bond donors (Lipinski definition) is 3. The fourth-order valence-corrected chi connectivity index (χ4v) is 3.31. The second-order valence-electron chi connectivity index (χ2n) is 7.75. The van der Waals surface area contributed by atoms with Crippen molar-refractivity contribution < 1.29 is 5.11 Å². The van der Waals surface area contributed by atoms with E-state index in [9.17, 15) is 5.11 Å². The van der Waals surface area contributed by atoms with E-state index in [2.05, 4.69) is 30.5 Å². The lowest BCUT2D eigenvalue weighted by molar-refractivity contribution is 0.481. The zero-order valence-corrected chi connectivity index (χ0v) is 24.5. The smallest absolute Gasteiger partial charge is 0.230 e. The Morgan fingerprint density at radius 1 is 0.921 bits per heavy atom. The highest BCUT2D eigenvalue weighted by Crippen LogP contribution is 2.41. The van der Waals surface area contributed by atoms with Crippen molar-refractivity contribution in [3.8, 4) is 5.75 Å². The van der Waals surface area contributed by atoms with Gasteiger partial charge in [0.25, 0.3) is 0 Å². The minimum Gasteiger partial charge on any atom is -0.507 e. The molecule has 0 atom stereocenters. The molecule has 204 valence electrons. The zero-order valence-electron chi connectivity index (χ0n) is 23.7. The van der Waals surface area contributed by atoms with Crippen molar-refractivity contribution in [1.82, 2.24) is 15.0 Å². The lowest BCUT2D eigenvalue weighted by Crippen LogP contribution is -2.14. The Hall–Kier alpha value is -3.98. The number of anilines is 3. The summed E-state index contributed by atoms with van der Waals surface area (Å²) in [6.07, 6.45) is 0. The summed E-state index contributed by atoms with van der Waals surface area (Å²) in [7, 11) is 5.40. The molecule has 0 unspecified atom stereocenters. The monoisotopic (exact) mass is 538 g/mol. The van der Waals surface area contributed by atoms with Crippen molar-refractivity contribution >= 4 is 51.3 Å². The van der Waals surface area contributed by atoms with Crippen molar-refractivity contribution in [1.29, 1.82) is 0 Å². The second-order valence-corrected chi connectivity index (χ2v) is 8.08. The molecule has 0 amide bonds. The van der Waals surface area contributed by atoms with Crippen molar-refractivity contribution in [3.05, 3.63) is 64.9 Å². The predicted molar refractivity (Wildman–Crippen MR) is 162 cm³/mol. The molecule has 0 aliphatic carbocycles. The molecule has 0 aliphatic rings. The summed E-state index contributed by atoms with van der Waals surface area (Å²) in [5.41, 5.74) is 9.84. The van der Waals surface area contributed by atoms with Gasteiger partial charge in [-0.1, -0.05) is 52.0 Å². The Bertz CT molecular complexity index is 1330. The van der Waals surface area contributed by atoms with Crippen LogP contribution in [0.25, 0.3) is 10.8 Å². The van der Waals surface area contributed by atoms with E-state index >= 15 is 0 Å². The van der Waals surface area contributed by atoms with E-state index < -0.39 is 0 Å². The van der Waals surface area contributed by atoms with Gasteiger partial charge in [-0.25, -0.2) is 0 Å². The maximum Gasteiger partial charge on any atom is 0.230 e. The summed E-state index contributed by atoms with van der Waals surface area (Å²) in [5.74, 6) is 1.18. The van der Waals surface area contributed by atoms with Gasteiger partial charge in [-0.05, 0) is 66.2 Å². The number of aromatic nitrogens is 3. The van der Waals surface area contributed by atoms with Gasteiger partial charge in [0.15, 0.2) is 0 Å². The molecule has 3 aromatic carbocycles. The first-order valence-corrected chi connectivity index (χ1v) is 12.8. The molecule has 0 saturated carbocycles. The molecule has 10 heteroatoms. The van der Waals surface area contributed by atoms with Gasteiger partial charge in [-0.3, -0.25) is 0 Å². The van der Waals surface area contributed by atoms with Crippen LogP contribution in [0, 0.1) is 13.8 Å². The lowest BCUT2D eigenvalue weighted by Gasteiger charge is -2.11. The Morgan fingerprint density at radius 2 is 1.55 bits per heavy atom. The van der Waals surface area contributed by atoms with Crippen LogP contribution in [0.1, 0.15) is 38.8 Å². The van der Waals surface area contributed by atoms with E-state index in [4.69, 9.17) is 17.3 Å². The van der Waals surface area contributed by atoms with Gasteiger partial charge in [0, 0.05) is 21.1 Å². The number of phenolic OH excluding ortho intramolecular Hbond substituents is 1. The van der Waals surface area contributed by atoms with Gasteiger partial charge >= 0.3 is 0 Å². The van der Waals surface area contributed by atoms with E-state index in [1.165, 1.54) is 0 Å². The first-order chi connectivity index (χ1) is 18.2. The molecule has 0 fully saturated rings. The molecule has 0 spiro atoms. The van der Waals surface area contributed by atoms with Gasteiger partial charge in [0.05, 0.1) is 16.8 Å². The minimum absolute atomic E-state index is 0.170. The summed E-state index contributed by atoms with van der Waals surface area (Å²) in [6, 6.07) is 15.1. The van der Waals surface area contributed by atoms with Gasteiger partial charge in [0.2, 0.25) is 17.2 Å². The molecule has 1 aromatic heterocycles. The van der Waals surface area contributed by atoms with Gasteiger partial charge in [-0.15, -0.1) is 5.11 Å². The van der Waals surface area contributed by atoms with Crippen molar-refractivity contribution in [2.24, 2.45) is 10.2 Å². The van der Waals surface area contributed by atoms with Crippen molar-refractivity contribution in [2.45, 2.75) is 41.5 Å². The molecule has 0 bridgehead atoms. The van der Waals surface area contributed by atoms with E-state index in [-0.39, 0.29) is 11.0 Å². The highest BCUT2D eigenvalue weighted by Gasteiger charge is 2.13. The Balaban J connectivity index is 0.000000383. The molecule has 0 aliphatic heterocycles. The fraction of sp³-hybridized carbons (Fsp3) is 0.321. The molecule has 4 rings (SSSR count). The molecule has 4 N–H and O–H groups in total. The number of hydrogen-bond acceptors (Lipinski definition) is 9. The lowest BCUT2D eigenvalue weighted by atomic mass is 10.0. The number of aryl methyl sites for hydroxylation is 2. The molecule has 38 heavy (non-hydrogen) atoms. The predicted octanol–water partition coefficient (Wildman–Crippen LogP) is 7.84. The fourth-order valence-electron chi connectivity index (χ4n) is 3.16. The average Bonchev–Trinajstić information content (AvgIpc) is 2.92. The summed E-state index contributed by atoms with van der Waals surface area (Å²) < 4.78 is 0. The molecule has 0 saturated heterocycles. The number of halogens is 1. The van der Waals surface area contributed by atoms with Gasteiger partial charge in [-0.2, -0.15) is 20.1 Å². The van der Waals surface area contributed by atoms with E-state index in [0.29, 0.717) is 28.7 Å². The number of aromatic hydroxyl groups is 1. The molecular weight excluding hydrogens is 500 g/mol. The van der Waals surface area contributed by atoms with Crippen LogP contribution in [-0.2, 0) is 0 Å². The third-order valence-electron chi connectivity index (χ3n) is 4.82.